The van der Waals surface area contributed by atoms with Crippen molar-refractivity contribution in [1.82, 2.24) is 0 Å². The summed E-state index contributed by atoms with van der Waals surface area (Å²) < 4.78 is 0. The maximum Gasteiger partial charge on any atom is 0.0991 e. The maximum absolute atomic E-state index is 10.4. The molecule has 2 aliphatic rings. The highest BCUT2D eigenvalue weighted by Gasteiger charge is 2.29. The Labute approximate surface area is 440 Å². The molecule has 14 rings (SSSR count). The van der Waals surface area contributed by atoms with E-state index in [9.17, 15) is 21.0 Å². The minimum Gasteiger partial charge on any atom is -0.192 e. The first-order valence-corrected chi connectivity index (χ1v) is 25.7. The zero-order valence-electron chi connectivity index (χ0n) is 42.8. The van der Waals surface area contributed by atoms with Crippen molar-refractivity contribution in [3.05, 3.63) is 213 Å². The van der Waals surface area contributed by atoms with Crippen LogP contribution >= 0.6 is 0 Å². The number of benzene rings is 12. The van der Waals surface area contributed by atoms with Crippen LogP contribution in [0.25, 0.3) is 143 Å². The predicted octanol–water partition coefficient (Wildman–Crippen LogP) is 18.8. The normalized spacial score (nSPS) is 11.8. The van der Waals surface area contributed by atoms with Gasteiger partial charge < -0.3 is 0 Å². The van der Waals surface area contributed by atoms with Crippen LogP contribution in [0.5, 0.6) is 0 Å². The molecule has 0 N–H and O–H groups in total. The maximum atomic E-state index is 10.4. The van der Waals surface area contributed by atoms with Crippen LogP contribution in [0, 0.1) is 86.9 Å². The molecule has 12 aromatic carbocycles. The zero-order valence-corrected chi connectivity index (χ0v) is 42.8. The van der Waals surface area contributed by atoms with E-state index in [2.05, 4.69) is 175 Å². The molecule has 0 amide bonds. The highest BCUT2D eigenvalue weighted by atomic mass is 14.3. The molecule has 0 spiro atoms. The van der Waals surface area contributed by atoms with Gasteiger partial charge in [0.25, 0.3) is 0 Å². The average molecular weight is 965 g/mol. The van der Waals surface area contributed by atoms with Crippen LogP contribution in [-0.2, 0) is 0 Å². The Morgan fingerprint density at radius 2 is 0.539 bits per heavy atom. The number of hydrogen-bond acceptors (Lipinski definition) is 4. The lowest BCUT2D eigenvalue weighted by Crippen LogP contribution is -1.94. The number of rotatable bonds is 4. The fraction of sp³-hybridized carbons (Fsp3) is 0.0833. The van der Waals surface area contributed by atoms with Gasteiger partial charge >= 0.3 is 0 Å². The molecule has 0 saturated heterocycles. The standard InChI is InChI=1S/C72H44N4/c1-37-13-15-43(33-73)25-55(37)61-31-67-66-28-58-50-12-8-10-48-52(70-41(5)23-46(36-76)24-42(70)6)18-20-54(72(48)50)60(58)30-64(66)62(56-26-44(34-74)16-14-38(56)2)32-68(67)65-27-57-49-11-7-9-47-51(69-39(3)21-45(35-75)22-40(69)4)17-19-53(71(47)49)59(57)29-63(61)65/h7-32H,1-6H3. The molecule has 12 aromatic rings. The van der Waals surface area contributed by atoms with Crippen molar-refractivity contribution in [2.75, 3.05) is 0 Å². The van der Waals surface area contributed by atoms with E-state index < -0.39 is 0 Å². The van der Waals surface area contributed by atoms with E-state index in [0.717, 1.165) is 110 Å². The second-order valence-corrected chi connectivity index (χ2v) is 21.1. The lowest BCUT2D eigenvalue weighted by Gasteiger charge is -2.20. The van der Waals surface area contributed by atoms with Gasteiger partial charge in [0, 0.05) is 0 Å². The van der Waals surface area contributed by atoms with E-state index in [1.807, 2.05) is 48.5 Å². The third-order valence-corrected chi connectivity index (χ3v) is 16.8. The lowest BCUT2D eigenvalue weighted by molar-refractivity contribution is 1.35. The van der Waals surface area contributed by atoms with Crippen LogP contribution in [0.3, 0.4) is 0 Å². The van der Waals surface area contributed by atoms with Crippen LogP contribution in [-0.4, -0.2) is 0 Å². The van der Waals surface area contributed by atoms with Gasteiger partial charge in [0.2, 0.25) is 0 Å². The summed E-state index contributed by atoms with van der Waals surface area (Å²) in [7, 11) is 0. The fourth-order valence-corrected chi connectivity index (χ4v) is 13.5. The molecule has 4 nitrogen and oxygen atoms in total. The molecule has 0 aliphatic heterocycles. The van der Waals surface area contributed by atoms with Crippen molar-refractivity contribution in [3.8, 4) is 113 Å². The number of aryl methyl sites for hydroxylation is 6. The highest BCUT2D eigenvalue weighted by molar-refractivity contribution is 6.30. The minimum absolute atomic E-state index is 0.607. The molecule has 76 heavy (non-hydrogen) atoms. The van der Waals surface area contributed by atoms with E-state index in [1.54, 1.807) is 0 Å². The average Bonchev–Trinajstić information content (AvgIpc) is 3.92. The molecule has 2 aliphatic carbocycles. The Kier molecular flexibility index (Phi) is 9.50. The number of fused-ring (bicyclic) bond motifs is 11. The van der Waals surface area contributed by atoms with Crippen molar-refractivity contribution in [2.24, 2.45) is 0 Å². The van der Waals surface area contributed by atoms with Gasteiger partial charge in [0.15, 0.2) is 0 Å². The Balaban J connectivity index is 1.10. The number of nitriles is 4. The molecule has 0 bridgehead atoms. The Morgan fingerprint density at radius 3 is 0.908 bits per heavy atom. The van der Waals surface area contributed by atoms with Gasteiger partial charge in [-0.2, -0.15) is 21.0 Å². The molecule has 4 heteroatoms. The van der Waals surface area contributed by atoms with Gasteiger partial charge in [0.1, 0.15) is 0 Å². The summed E-state index contributed by atoms with van der Waals surface area (Å²) in [5.74, 6) is 0. The molecule has 0 atom stereocenters. The van der Waals surface area contributed by atoms with Crippen molar-refractivity contribution < 1.29 is 0 Å². The van der Waals surface area contributed by atoms with Gasteiger partial charge in [-0.15, -0.1) is 0 Å². The van der Waals surface area contributed by atoms with Crippen LogP contribution < -0.4 is 0 Å². The number of nitrogens with zero attached hydrogens (tertiary/aromatic N) is 4. The van der Waals surface area contributed by atoms with E-state index >= 15 is 0 Å². The summed E-state index contributed by atoms with van der Waals surface area (Å²) >= 11 is 0. The van der Waals surface area contributed by atoms with Crippen molar-refractivity contribution >= 4 is 53.9 Å². The molecular formula is C72H44N4. The first-order chi connectivity index (χ1) is 37.0. The molecule has 0 fully saturated rings. The molecule has 352 valence electrons. The molecule has 0 unspecified atom stereocenters. The van der Waals surface area contributed by atoms with Gasteiger partial charge in [-0.1, -0.05) is 72.8 Å². The van der Waals surface area contributed by atoms with E-state index in [1.165, 1.54) is 66.1 Å². The van der Waals surface area contributed by atoms with E-state index in [0.29, 0.717) is 22.3 Å². The van der Waals surface area contributed by atoms with Crippen LogP contribution in [0.15, 0.2) is 158 Å². The van der Waals surface area contributed by atoms with Crippen LogP contribution in [0.4, 0.5) is 0 Å². The molecule has 0 aromatic heterocycles. The van der Waals surface area contributed by atoms with Gasteiger partial charge in [-0.05, 0) is 303 Å². The quantitative estimate of drug-likeness (QED) is 0.164. The molecule has 0 saturated carbocycles. The lowest BCUT2D eigenvalue weighted by atomic mass is 9.83. The molecular weight excluding hydrogens is 921 g/mol. The summed E-state index contributed by atoms with van der Waals surface area (Å²) in [4.78, 5) is 0. The van der Waals surface area contributed by atoms with Gasteiger partial charge in [-0.25, -0.2) is 0 Å². The van der Waals surface area contributed by atoms with Gasteiger partial charge in [0.05, 0.1) is 46.5 Å². The summed E-state index contributed by atoms with van der Waals surface area (Å²) in [5.41, 5.74) is 27.2. The topological polar surface area (TPSA) is 95.2 Å². The molecule has 0 radical (unpaired) electrons. The van der Waals surface area contributed by atoms with Crippen molar-refractivity contribution in [1.29, 1.82) is 21.0 Å². The first-order valence-electron chi connectivity index (χ1n) is 25.7. The monoisotopic (exact) mass is 964 g/mol. The van der Waals surface area contributed by atoms with Gasteiger partial charge in [-0.3, -0.25) is 0 Å². The SMILES string of the molecule is Cc1ccc(C#N)cc1-c1cc2c3cc4c(cc3c(-c3cc(C#N)ccc3C)cc2c2cc3c(cc12)-c1ccc(-c2c(C)cc(C#N)cc2C)c2cccc-3c12)-c1ccc(-c2c(C)cc(C#N)cc2C)c2cccc-4c12. The smallest absolute Gasteiger partial charge is 0.0991 e. The Morgan fingerprint density at radius 1 is 0.224 bits per heavy atom. The van der Waals surface area contributed by atoms with Crippen molar-refractivity contribution in [2.45, 2.75) is 41.5 Å². The summed E-state index contributed by atoms with van der Waals surface area (Å²) in [6.07, 6.45) is 0. The summed E-state index contributed by atoms with van der Waals surface area (Å²) in [5, 5.41) is 51.8. The van der Waals surface area contributed by atoms with Crippen molar-refractivity contribution in [3.63, 3.8) is 0 Å². The first kappa shape index (κ1) is 44.6. The zero-order chi connectivity index (χ0) is 52.0. The summed E-state index contributed by atoms with van der Waals surface area (Å²) in [6.45, 7) is 12.7. The number of hydrogen-bond donors (Lipinski definition) is 0. The minimum atomic E-state index is 0.607. The van der Waals surface area contributed by atoms with Crippen LogP contribution in [0.2, 0.25) is 0 Å². The predicted molar refractivity (Wildman–Crippen MR) is 312 cm³/mol. The largest absolute Gasteiger partial charge is 0.192 e. The van der Waals surface area contributed by atoms with E-state index in [4.69, 9.17) is 0 Å². The fourth-order valence-electron chi connectivity index (χ4n) is 13.5. The highest BCUT2D eigenvalue weighted by Crippen LogP contribution is 2.56. The van der Waals surface area contributed by atoms with Crippen LogP contribution in [0.1, 0.15) is 55.6 Å². The second kappa shape index (κ2) is 16.2. The Bertz CT molecular complexity index is 4560. The summed E-state index contributed by atoms with van der Waals surface area (Å²) in [6, 6.07) is 66.3. The third-order valence-electron chi connectivity index (χ3n) is 16.8. The Hall–Kier alpha value is -10.1. The second-order valence-electron chi connectivity index (χ2n) is 21.1. The molecule has 0 heterocycles. The third kappa shape index (κ3) is 6.20. The van der Waals surface area contributed by atoms with E-state index in [-0.39, 0.29) is 0 Å².